The number of nitrogens with one attached hydrogen (secondary N) is 2. The molecule has 0 aromatic carbocycles. The molecule has 4 N–H and O–H groups in total. The first-order chi connectivity index (χ1) is 8.83. The highest BCUT2D eigenvalue weighted by atomic mass is 32.2. The molecule has 1 aromatic rings. The topological polar surface area (TPSA) is 101 Å². The van der Waals surface area contributed by atoms with Crippen molar-refractivity contribution in [2.45, 2.75) is 44.0 Å². The summed E-state index contributed by atoms with van der Waals surface area (Å²) in [5.41, 5.74) is 6.67. The van der Waals surface area contributed by atoms with Crippen LogP contribution in [0.4, 0.5) is 0 Å². The number of aryl methyl sites for hydroxylation is 2. The zero-order valence-corrected chi connectivity index (χ0v) is 12.6. The van der Waals surface area contributed by atoms with E-state index in [2.05, 4.69) is 14.9 Å². The Hall–Kier alpha value is -0.990. The van der Waals surface area contributed by atoms with Crippen LogP contribution >= 0.6 is 12.2 Å². The second-order valence-corrected chi connectivity index (χ2v) is 7.05. The molecule has 2 unspecified atom stereocenters. The second kappa shape index (κ2) is 5.18. The Bertz CT molecular complexity index is 574. The Labute approximate surface area is 118 Å². The first kappa shape index (κ1) is 14.4. The summed E-state index contributed by atoms with van der Waals surface area (Å²) in [7, 11) is -3.59. The molecular weight excluding hydrogens is 284 g/mol. The fraction of sp³-hybridized carbons (Fsp3) is 0.636. The Kier molecular flexibility index (Phi) is 3.93. The van der Waals surface area contributed by atoms with Crippen molar-refractivity contribution in [3.05, 3.63) is 11.4 Å². The third-order valence-electron chi connectivity index (χ3n) is 3.52. The van der Waals surface area contributed by atoms with Crippen molar-refractivity contribution in [2.24, 2.45) is 11.7 Å². The van der Waals surface area contributed by atoms with E-state index in [1.165, 1.54) is 0 Å². The summed E-state index contributed by atoms with van der Waals surface area (Å²) in [6, 6.07) is -0.212. The van der Waals surface area contributed by atoms with Crippen LogP contribution in [0.2, 0.25) is 0 Å². The van der Waals surface area contributed by atoms with Gasteiger partial charge in [-0.1, -0.05) is 18.6 Å². The van der Waals surface area contributed by atoms with Crippen molar-refractivity contribution in [1.29, 1.82) is 0 Å². The Morgan fingerprint density at radius 2 is 2.16 bits per heavy atom. The van der Waals surface area contributed by atoms with E-state index in [0.717, 1.165) is 19.3 Å². The molecule has 1 aliphatic rings. The van der Waals surface area contributed by atoms with Gasteiger partial charge in [0.15, 0.2) is 0 Å². The van der Waals surface area contributed by atoms with E-state index in [0.29, 0.717) is 16.4 Å². The predicted molar refractivity (Wildman–Crippen MR) is 76.3 cm³/mol. The minimum absolute atomic E-state index is 0.0581. The summed E-state index contributed by atoms with van der Waals surface area (Å²) in [4.78, 5) is 0.604. The molecule has 2 rings (SSSR count). The summed E-state index contributed by atoms with van der Waals surface area (Å²) in [6.45, 7) is 3.35. The first-order valence-electron chi connectivity index (χ1n) is 6.16. The Morgan fingerprint density at radius 3 is 2.68 bits per heavy atom. The number of hydrogen-bond donors (Lipinski definition) is 3. The molecule has 19 heavy (non-hydrogen) atoms. The van der Waals surface area contributed by atoms with Gasteiger partial charge in [-0.3, -0.25) is 5.10 Å². The second-order valence-electron chi connectivity index (χ2n) is 4.93. The summed E-state index contributed by atoms with van der Waals surface area (Å²) in [6.07, 6.45) is 2.53. The number of nitrogens with two attached hydrogens (primary N) is 1. The van der Waals surface area contributed by atoms with E-state index in [1.807, 2.05) is 0 Å². The van der Waals surface area contributed by atoms with E-state index in [-0.39, 0.29) is 16.9 Å². The number of H-pyrrole nitrogens is 1. The van der Waals surface area contributed by atoms with Crippen LogP contribution in [0.25, 0.3) is 0 Å². The highest BCUT2D eigenvalue weighted by molar-refractivity contribution is 7.89. The number of aromatic nitrogens is 2. The highest BCUT2D eigenvalue weighted by Crippen LogP contribution is 2.28. The minimum atomic E-state index is -3.59. The maximum absolute atomic E-state index is 12.4. The zero-order chi connectivity index (χ0) is 14.2. The van der Waals surface area contributed by atoms with Crippen LogP contribution in [0.1, 0.15) is 30.7 Å². The molecule has 1 heterocycles. The quantitative estimate of drug-likeness (QED) is 0.713. The van der Waals surface area contributed by atoms with Crippen molar-refractivity contribution in [2.75, 3.05) is 0 Å². The van der Waals surface area contributed by atoms with Crippen molar-refractivity contribution in [3.63, 3.8) is 0 Å². The average molecular weight is 302 g/mol. The van der Waals surface area contributed by atoms with E-state index in [1.54, 1.807) is 13.8 Å². The van der Waals surface area contributed by atoms with Crippen molar-refractivity contribution < 1.29 is 8.42 Å². The predicted octanol–water partition coefficient (Wildman–Crippen LogP) is 0.760. The summed E-state index contributed by atoms with van der Waals surface area (Å²) in [5, 5.41) is 6.60. The van der Waals surface area contributed by atoms with Gasteiger partial charge in [-0.15, -0.1) is 0 Å². The molecule has 0 radical (unpaired) electrons. The molecule has 6 nitrogen and oxygen atoms in total. The maximum atomic E-state index is 12.4. The molecule has 8 heteroatoms. The third-order valence-corrected chi connectivity index (χ3v) is 5.57. The monoisotopic (exact) mass is 302 g/mol. The SMILES string of the molecule is Cc1n[nH]c(C)c1S(=O)(=O)NC1CCCC1C(N)=S. The number of sulfonamides is 1. The number of aromatic amines is 1. The van der Waals surface area contributed by atoms with Crippen molar-refractivity contribution >= 4 is 27.2 Å². The lowest BCUT2D eigenvalue weighted by atomic mass is 10.1. The van der Waals surface area contributed by atoms with Crippen LogP contribution in [0, 0.1) is 19.8 Å². The van der Waals surface area contributed by atoms with Crippen LogP contribution in [-0.4, -0.2) is 29.6 Å². The lowest BCUT2D eigenvalue weighted by Gasteiger charge is -2.19. The van der Waals surface area contributed by atoms with Gasteiger partial charge >= 0.3 is 0 Å². The van der Waals surface area contributed by atoms with Gasteiger partial charge in [0.2, 0.25) is 10.0 Å². The molecule has 0 saturated heterocycles. The molecule has 0 amide bonds. The molecular formula is C11H18N4O2S2. The van der Waals surface area contributed by atoms with Gasteiger partial charge in [-0.2, -0.15) is 5.10 Å². The number of nitrogens with zero attached hydrogens (tertiary/aromatic N) is 1. The Morgan fingerprint density at radius 1 is 1.47 bits per heavy atom. The standard InChI is InChI=1S/C11H18N4O2S2/c1-6-10(7(2)14-13-6)19(16,17)15-9-5-3-4-8(9)11(12)18/h8-9,15H,3-5H2,1-2H3,(H2,12,18)(H,13,14). The molecule has 0 bridgehead atoms. The lowest BCUT2D eigenvalue weighted by molar-refractivity contribution is 0.524. The molecule has 106 valence electrons. The Balaban J connectivity index is 2.25. The van der Waals surface area contributed by atoms with Crippen molar-refractivity contribution in [3.8, 4) is 0 Å². The lowest BCUT2D eigenvalue weighted by Crippen LogP contribution is -2.41. The fourth-order valence-corrected chi connectivity index (χ4v) is 4.60. The normalized spacial score (nSPS) is 23.7. The fourth-order valence-electron chi connectivity index (χ4n) is 2.64. The summed E-state index contributed by atoms with van der Waals surface area (Å²) < 4.78 is 27.5. The zero-order valence-electron chi connectivity index (χ0n) is 10.9. The van der Waals surface area contributed by atoms with Gasteiger partial charge in [0.25, 0.3) is 0 Å². The molecule has 1 fully saturated rings. The van der Waals surface area contributed by atoms with Crippen LogP contribution in [0.3, 0.4) is 0 Å². The molecule has 2 atom stereocenters. The molecule has 0 aliphatic heterocycles. The van der Waals surface area contributed by atoms with Crippen LogP contribution < -0.4 is 10.5 Å². The molecule has 1 saturated carbocycles. The maximum Gasteiger partial charge on any atom is 0.244 e. The van der Waals surface area contributed by atoms with Gasteiger partial charge in [0.1, 0.15) is 4.90 Å². The van der Waals surface area contributed by atoms with Crippen molar-refractivity contribution in [1.82, 2.24) is 14.9 Å². The van der Waals surface area contributed by atoms with Gasteiger partial charge in [-0.25, -0.2) is 13.1 Å². The van der Waals surface area contributed by atoms with Crippen LogP contribution in [0.5, 0.6) is 0 Å². The summed E-state index contributed by atoms with van der Waals surface area (Å²) in [5.74, 6) is -0.0581. The largest absolute Gasteiger partial charge is 0.393 e. The first-order valence-corrected chi connectivity index (χ1v) is 8.05. The van der Waals surface area contributed by atoms with Gasteiger partial charge in [-0.05, 0) is 26.7 Å². The minimum Gasteiger partial charge on any atom is -0.393 e. The molecule has 1 aromatic heterocycles. The number of rotatable bonds is 4. The molecule has 0 spiro atoms. The highest BCUT2D eigenvalue weighted by Gasteiger charge is 2.34. The van der Waals surface area contributed by atoms with E-state index >= 15 is 0 Å². The van der Waals surface area contributed by atoms with E-state index in [9.17, 15) is 8.42 Å². The van der Waals surface area contributed by atoms with E-state index in [4.69, 9.17) is 18.0 Å². The van der Waals surface area contributed by atoms with Gasteiger partial charge < -0.3 is 5.73 Å². The van der Waals surface area contributed by atoms with Crippen LogP contribution in [-0.2, 0) is 10.0 Å². The van der Waals surface area contributed by atoms with Gasteiger partial charge in [0, 0.05) is 12.0 Å². The number of thiocarbonyl (C=S) groups is 1. The van der Waals surface area contributed by atoms with E-state index < -0.39 is 10.0 Å². The van der Waals surface area contributed by atoms with Gasteiger partial charge in [0.05, 0.1) is 16.4 Å². The third kappa shape index (κ3) is 2.80. The average Bonchev–Trinajstić information content (AvgIpc) is 2.85. The number of hydrogen-bond acceptors (Lipinski definition) is 4. The van der Waals surface area contributed by atoms with Crippen LogP contribution in [0.15, 0.2) is 4.90 Å². The smallest absolute Gasteiger partial charge is 0.244 e. The summed E-state index contributed by atoms with van der Waals surface area (Å²) >= 11 is 5.00. The molecule has 1 aliphatic carbocycles.